The van der Waals surface area contributed by atoms with Crippen molar-refractivity contribution in [1.82, 2.24) is 4.90 Å². The number of nitro groups is 1. The number of rotatable bonds is 3. The second kappa shape index (κ2) is 7.49. The van der Waals surface area contributed by atoms with Crippen LogP contribution >= 0.6 is 0 Å². The van der Waals surface area contributed by atoms with Crippen LogP contribution in [-0.4, -0.2) is 54.1 Å². The topological polar surface area (TPSA) is 85.2 Å². The molecule has 11 heteroatoms. The number of alkyl halides is 3. The number of anilines is 1. The lowest BCUT2D eigenvalue weighted by molar-refractivity contribution is -0.384. The Balaban J connectivity index is 2.17. The highest BCUT2D eigenvalue weighted by Crippen LogP contribution is 2.36. The van der Waals surface area contributed by atoms with Gasteiger partial charge < -0.3 is 19.3 Å². The lowest BCUT2D eigenvalue weighted by Crippen LogP contribution is -2.50. The molecule has 1 aliphatic rings. The monoisotopic (exact) mass is 391 g/mol. The Morgan fingerprint density at radius 1 is 1.15 bits per heavy atom. The lowest BCUT2D eigenvalue weighted by atomic mass is 10.2. The quantitative estimate of drug-likeness (QED) is 0.579. The standard InChI is InChI=1S/C16H20F3N3O5/c1-15(2,3)27-14(23)21-8-6-20(7-9-21)12-10-11(22(24)25)4-5-13(12)26-16(17,18)19/h4-5,10H,6-9H2,1-3H3. The van der Waals surface area contributed by atoms with E-state index in [0.717, 1.165) is 18.2 Å². The SMILES string of the molecule is CC(C)(C)OC(=O)N1CCN(c2cc([N+](=O)[O-])ccc2OC(F)(F)F)CC1. The molecule has 0 N–H and O–H groups in total. The van der Waals surface area contributed by atoms with Crippen LogP contribution in [0, 0.1) is 10.1 Å². The molecule has 2 rings (SSSR count). The van der Waals surface area contributed by atoms with Gasteiger partial charge in [-0.3, -0.25) is 10.1 Å². The van der Waals surface area contributed by atoms with Crippen LogP contribution in [0.15, 0.2) is 18.2 Å². The second-order valence-corrected chi connectivity index (χ2v) is 6.91. The molecule has 1 aromatic carbocycles. The molecule has 0 unspecified atom stereocenters. The zero-order valence-electron chi connectivity index (χ0n) is 15.1. The van der Waals surface area contributed by atoms with Gasteiger partial charge in [-0.05, 0) is 26.8 Å². The van der Waals surface area contributed by atoms with Gasteiger partial charge in [0.05, 0.1) is 10.6 Å². The molecule has 1 aliphatic heterocycles. The van der Waals surface area contributed by atoms with Gasteiger partial charge in [-0.2, -0.15) is 0 Å². The summed E-state index contributed by atoms with van der Waals surface area (Å²) in [6, 6.07) is 2.90. The first kappa shape index (κ1) is 20.6. The van der Waals surface area contributed by atoms with Gasteiger partial charge in [0, 0.05) is 38.3 Å². The molecule has 27 heavy (non-hydrogen) atoms. The maximum absolute atomic E-state index is 12.6. The summed E-state index contributed by atoms with van der Waals surface area (Å²) in [5.74, 6) is -0.529. The Bertz CT molecular complexity index is 710. The van der Waals surface area contributed by atoms with Crippen molar-refractivity contribution in [2.24, 2.45) is 0 Å². The zero-order valence-corrected chi connectivity index (χ0v) is 15.1. The van der Waals surface area contributed by atoms with Gasteiger partial charge in [-0.15, -0.1) is 13.2 Å². The van der Waals surface area contributed by atoms with Gasteiger partial charge in [0.1, 0.15) is 5.60 Å². The van der Waals surface area contributed by atoms with Crippen molar-refractivity contribution in [1.29, 1.82) is 0 Å². The fourth-order valence-corrected chi connectivity index (χ4v) is 2.53. The van der Waals surface area contributed by atoms with Crippen molar-refractivity contribution in [3.8, 4) is 5.75 Å². The highest BCUT2D eigenvalue weighted by molar-refractivity contribution is 5.69. The highest BCUT2D eigenvalue weighted by atomic mass is 19.4. The molecule has 8 nitrogen and oxygen atoms in total. The van der Waals surface area contributed by atoms with E-state index in [1.54, 1.807) is 20.8 Å². The van der Waals surface area contributed by atoms with Crippen LogP contribution in [0.25, 0.3) is 0 Å². The average molecular weight is 391 g/mol. The normalized spacial score (nSPS) is 15.5. The van der Waals surface area contributed by atoms with Crippen LogP contribution in [0.4, 0.5) is 29.3 Å². The molecular weight excluding hydrogens is 371 g/mol. The Labute approximate surface area is 153 Å². The van der Waals surface area contributed by atoms with E-state index < -0.39 is 28.7 Å². The number of piperazine rings is 1. The largest absolute Gasteiger partial charge is 0.573 e. The van der Waals surface area contributed by atoms with E-state index in [1.807, 2.05) is 0 Å². The number of carbonyl (C=O) groups excluding carboxylic acids is 1. The second-order valence-electron chi connectivity index (χ2n) is 6.91. The van der Waals surface area contributed by atoms with E-state index in [4.69, 9.17) is 4.74 Å². The highest BCUT2D eigenvalue weighted by Gasteiger charge is 2.34. The van der Waals surface area contributed by atoms with Gasteiger partial charge in [0.25, 0.3) is 5.69 Å². The number of carbonyl (C=O) groups is 1. The zero-order chi connectivity index (χ0) is 20.4. The fraction of sp³-hybridized carbons (Fsp3) is 0.562. The van der Waals surface area contributed by atoms with Gasteiger partial charge in [-0.1, -0.05) is 0 Å². The predicted octanol–water partition coefficient (Wildman–Crippen LogP) is 3.55. The molecule has 0 spiro atoms. The summed E-state index contributed by atoms with van der Waals surface area (Å²) >= 11 is 0. The number of ether oxygens (including phenoxy) is 2. The molecule has 0 saturated carbocycles. The van der Waals surface area contributed by atoms with Crippen LogP contribution < -0.4 is 9.64 Å². The maximum Gasteiger partial charge on any atom is 0.573 e. The first-order valence-corrected chi connectivity index (χ1v) is 8.13. The van der Waals surface area contributed by atoms with Gasteiger partial charge >= 0.3 is 12.5 Å². The van der Waals surface area contributed by atoms with Crippen LogP contribution in [0.5, 0.6) is 5.75 Å². The van der Waals surface area contributed by atoms with Gasteiger partial charge in [0.15, 0.2) is 5.75 Å². The summed E-state index contributed by atoms with van der Waals surface area (Å²) < 4.78 is 47.1. The summed E-state index contributed by atoms with van der Waals surface area (Å²) in [6.07, 6.45) is -5.45. The predicted molar refractivity (Wildman–Crippen MR) is 89.8 cm³/mol. The molecule has 150 valence electrons. The third-order valence-electron chi connectivity index (χ3n) is 3.65. The number of nitro benzene ring substituents is 1. The molecular formula is C16H20F3N3O5. The number of halogens is 3. The van der Waals surface area contributed by atoms with Crippen LogP contribution in [0.3, 0.4) is 0 Å². The third-order valence-corrected chi connectivity index (χ3v) is 3.65. The number of hydrogen-bond acceptors (Lipinski definition) is 6. The molecule has 1 amide bonds. The van der Waals surface area contributed by atoms with E-state index in [9.17, 15) is 28.1 Å². The van der Waals surface area contributed by atoms with Crippen molar-refractivity contribution in [3.05, 3.63) is 28.3 Å². The minimum atomic E-state index is -4.93. The fourth-order valence-electron chi connectivity index (χ4n) is 2.53. The van der Waals surface area contributed by atoms with Crippen molar-refractivity contribution in [2.45, 2.75) is 32.7 Å². The molecule has 1 aromatic rings. The molecule has 1 saturated heterocycles. The average Bonchev–Trinajstić information content (AvgIpc) is 2.52. The first-order valence-electron chi connectivity index (χ1n) is 8.13. The molecule has 0 bridgehead atoms. The summed E-state index contributed by atoms with van der Waals surface area (Å²) in [5, 5.41) is 11.0. The summed E-state index contributed by atoms with van der Waals surface area (Å²) in [5.41, 5.74) is -1.07. The third kappa shape index (κ3) is 5.90. The minimum absolute atomic E-state index is 0.0506. The summed E-state index contributed by atoms with van der Waals surface area (Å²) in [6.45, 7) is 5.93. The van der Waals surface area contributed by atoms with E-state index in [2.05, 4.69) is 4.74 Å². The van der Waals surface area contributed by atoms with Crippen molar-refractivity contribution >= 4 is 17.5 Å². The summed E-state index contributed by atoms with van der Waals surface area (Å²) in [4.78, 5) is 25.3. The Hall–Kier alpha value is -2.72. The van der Waals surface area contributed by atoms with Crippen LogP contribution in [0.1, 0.15) is 20.8 Å². The Morgan fingerprint density at radius 2 is 1.74 bits per heavy atom. The molecule has 0 aromatic heterocycles. The van der Waals surface area contributed by atoms with Crippen molar-refractivity contribution in [3.63, 3.8) is 0 Å². The summed E-state index contributed by atoms with van der Waals surface area (Å²) in [7, 11) is 0. The van der Waals surface area contributed by atoms with Gasteiger partial charge in [-0.25, -0.2) is 4.79 Å². The first-order chi connectivity index (χ1) is 12.4. The number of benzene rings is 1. The lowest BCUT2D eigenvalue weighted by Gasteiger charge is -2.37. The van der Waals surface area contributed by atoms with Gasteiger partial charge in [0.2, 0.25) is 0 Å². The van der Waals surface area contributed by atoms with Crippen LogP contribution in [-0.2, 0) is 4.74 Å². The van der Waals surface area contributed by atoms with Crippen molar-refractivity contribution < 1.29 is 32.4 Å². The molecule has 0 aliphatic carbocycles. The van der Waals surface area contributed by atoms with E-state index in [0.29, 0.717) is 0 Å². The van der Waals surface area contributed by atoms with Crippen molar-refractivity contribution in [2.75, 3.05) is 31.1 Å². The van der Waals surface area contributed by atoms with E-state index >= 15 is 0 Å². The van der Waals surface area contributed by atoms with E-state index in [-0.39, 0.29) is 37.6 Å². The Kier molecular flexibility index (Phi) is 5.71. The number of hydrogen-bond donors (Lipinski definition) is 0. The molecule has 1 fully saturated rings. The maximum atomic E-state index is 12.6. The van der Waals surface area contributed by atoms with Crippen LogP contribution in [0.2, 0.25) is 0 Å². The number of amides is 1. The molecule has 0 atom stereocenters. The Morgan fingerprint density at radius 3 is 2.22 bits per heavy atom. The smallest absolute Gasteiger partial charge is 0.444 e. The molecule has 0 radical (unpaired) electrons. The number of nitrogens with zero attached hydrogens (tertiary/aromatic N) is 3. The molecule has 1 heterocycles. The number of non-ortho nitro benzene ring substituents is 1. The minimum Gasteiger partial charge on any atom is -0.444 e. The van der Waals surface area contributed by atoms with E-state index in [1.165, 1.54) is 9.80 Å².